The number of aryl methyl sites for hydroxylation is 2. The first-order chi connectivity index (χ1) is 13.4. The predicted octanol–water partition coefficient (Wildman–Crippen LogP) is 2.23. The Balaban J connectivity index is 1.79. The highest BCUT2D eigenvalue weighted by Crippen LogP contribution is 2.25. The Hall–Kier alpha value is -3.20. The van der Waals surface area contributed by atoms with E-state index in [0.717, 1.165) is 23.9 Å². The number of rotatable bonds is 4. The Morgan fingerprint density at radius 1 is 1.29 bits per heavy atom. The van der Waals surface area contributed by atoms with Gasteiger partial charge in [0.05, 0.1) is 11.4 Å². The SMILES string of the molecule is Cc1nc(Nc2cc(C(=O)O)n(C)c2)nc2c1ccc(=O)n2C1CCOCC1. The summed E-state index contributed by atoms with van der Waals surface area (Å²) in [5.41, 5.74) is 1.93. The summed E-state index contributed by atoms with van der Waals surface area (Å²) in [5.74, 6) is -0.696. The fourth-order valence-corrected chi connectivity index (χ4v) is 3.61. The number of hydrogen-bond donors (Lipinski definition) is 2. The van der Waals surface area contributed by atoms with Crippen LogP contribution < -0.4 is 10.9 Å². The molecule has 146 valence electrons. The first-order valence-corrected chi connectivity index (χ1v) is 9.08. The molecule has 3 aromatic heterocycles. The Morgan fingerprint density at radius 3 is 2.71 bits per heavy atom. The quantitative estimate of drug-likeness (QED) is 0.710. The molecule has 3 aromatic rings. The van der Waals surface area contributed by atoms with Crippen LogP contribution in [0.25, 0.3) is 11.0 Å². The topological polar surface area (TPSA) is 111 Å². The molecule has 9 nitrogen and oxygen atoms in total. The highest BCUT2D eigenvalue weighted by Gasteiger charge is 2.21. The number of nitrogens with one attached hydrogen (secondary N) is 1. The Labute approximate surface area is 160 Å². The molecule has 0 radical (unpaired) electrons. The van der Waals surface area contributed by atoms with Crippen molar-refractivity contribution >= 4 is 28.6 Å². The van der Waals surface area contributed by atoms with Crippen LogP contribution in [-0.4, -0.2) is 43.4 Å². The van der Waals surface area contributed by atoms with Gasteiger partial charge >= 0.3 is 5.97 Å². The van der Waals surface area contributed by atoms with Crippen LogP contribution in [0.5, 0.6) is 0 Å². The van der Waals surface area contributed by atoms with Crippen molar-refractivity contribution in [1.29, 1.82) is 0 Å². The third-order valence-electron chi connectivity index (χ3n) is 5.01. The molecule has 0 saturated carbocycles. The number of aromatic carboxylic acids is 1. The van der Waals surface area contributed by atoms with Crippen LogP contribution in [0.4, 0.5) is 11.6 Å². The van der Waals surface area contributed by atoms with Gasteiger partial charge in [-0.2, -0.15) is 4.98 Å². The monoisotopic (exact) mass is 383 g/mol. The first kappa shape index (κ1) is 18.2. The Kier molecular flexibility index (Phi) is 4.60. The van der Waals surface area contributed by atoms with Crippen LogP contribution in [0.1, 0.15) is 35.1 Å². The van der Waals surface area contributed by atoms with Gasteiger partial charge in [-0.05, 0) is 31.9 Å². The summed E-state index contributed by atoms with van der Waals surface area (Å²) in [7, 11) is 1.66. The molecule has 1 saturated heterocycles. The fourth-order valence-electron chi connectivity index (χ4n) is 3.61. The van der Waals surface area contributed by atoms with Crippen molar-refractivity contribution in [2.75, 3.05) is 18.5 Å². The number of fused-ring (bicyclic) bond motifs is 1. The van der Waals surface area contributed by atoms with Crippen LogP contribution in [0, 0.1) is 6.92 Å². The normalized spacial score (nSPS) is 15.1. The minimum Gasteiger partial charge on any atom is -0.477 e. The molecule has 0 aliphatic carbocycles. The van der Waals surface area contributed by atoms with E-state index in [4.69, 9.17) is 4.74 Å². The summed E-state index contributed by atoms with van der Waals surface area (Å²) in [6.45, 7) is 3.09. The molecule has 0 amide bonds. The van der Waals surface area contributed by atoms with Gasteiger partial charge in [0, 0.05) is 44.0 Å². The molecule has 1 fully saturated rings. The van der Waals surface area contributed by atoms with E-state index < -0.39 is 5.97 Å². The minimum atomic E-state index is -1.01. The summed E-state index contributed by atoms with van der Waals surface area (Å²) in [6.07, 6.45) is 3.17. The molecular weight excluding hydrogens is 362 g/mol. The molecule has 1 aliphatic rings. The summed E-state index contributed by atoms with van der Waals surface area (Å²) in [6, 6.07) is 4.85. The van der Waals surface area contributed by atoms with Gasteiger partial charge in [-0.15, -0.1) is 0 Å². The van der Waals surface area contributed by atoms with Gasteiger partial charge in [-0.1, -0.05) is 0 Å². The lowest BCUT2D eigenvalue weighted by molar-refractivity contribution is 0.0685. The maximum absolute atomic E-state index is 12.6. The second kappa shape index (κ2) is 7.08. The molecule has 2 N–H and O–H groups in total. The van der Waals surface area contributed by atoms with E-state index in [9.17, 15) is 14.7 Å². The molecule has 0 unspecified atom stereocenters. The van der Waals surface area contributed by atoms with Gasteiger partial charge < -0.3 is 19.7 Å². The van der Waals surface area contributed by atoms with E-state index in [1.807, 2.05) is 6.92 Å². The van der Waals surface area contributed by atoms with Crippen molar-refractivity contribution in [3.05, 3.63) is 46.1 Å². The molecular formula is C19H21N5O4. The summed E-state index contributed by atoms with van der Waals surface area (Å²) in [4.78, 5) is 32.9. The van der Waals surface area contributed by atoms with E-state index in [2.05, 4.69) is 15.3 Å². The lowest BCUT2D eigenvalue weighted by atomic mass is 10.1. The van der Waals surface area contributed by atoms with E-state index in [1.54, 1.807) is 29.9 Å². The molecule has 9 heteroatoms. The average molecular weight is 383 g/mol. The molecule has 28 heavy (non-hydrogen) atoms. The highest BCUT2D eigenvalue weighted by atomic mass is 16.5. The molecule has 4 heterocycles. The molecule has 1 aliphatic heterocycles. The molecule has 4 rings (SSSR count). The van der Waals surface area contributed by atoms with Crippen molar-refractivity contribution < 1.29 is 14.6 Å². The standard InChI is InChI=1S/C19H21N5O4/c1-11-14-3-4-16(25)24(13-5-7-28-8-6-13)17(14)22-19(20-11)21-12-9-15(18(26)27)23(2)10-12/h3-4,9-10,13H,5-8H2,1-2H3,(H,26,27)(H,20,21,22). The Morgan fingerprint density at radius 2 is 2.04 bits per heavy atom. The van der Waals surface area contributed by atoms with Crippen LogP contribution in [0.2, 0.25) is 0 Å². The fraction of sp³-hybridized carbons (Fsp3) is 0.368. The number of pyridine rings is 1. The third kappa shape index (κ3) is 3.24. The second-order valence-electron chi connectivity index (χ2n) is 6.91. The van der Waals surface area contributed by atoms with E-state index >= 15 is 0 Å². The van der Waals surface area contributed by atoms with E-state index in [1.165, 1.54) is 10.6 Å². The summed E-state index contributed by atoms with van der Waals surface area (Å²) in [5, 5.41) is 13.1. The van der Waals surface area contributed by atoms with Gasteiger partial charge in [0.1, 0.15) is 11.3 Å². The van der Waals surface area contributed by atoms with E-state index in [-0.39, 0.29) is 17.3 Å². The average Bonchev–Trinajstić information content (AvgIpc) is 3.02. The molecule has 0 atom stereocenters. The van der Waals surface area contributed by atoms with Crippen LogP contribution in [-0.2, 0) is 11.8 Å². The zero-order chi connectivity index (χ0) is 19.8. The van der Waals surface area contributed by atoms with E-state index in [0.29, 0.717) is 30.5 Å². The smallest absolute Gasteiger partial charge is 0.352 e. The first-order valence-electron chi connectivity index (χ1n) is 9.08. The van der Waals surface area contributed by atoms with Crippen molar-refractivity contribution in [2.24, 2.45) is 7.05 Å². The maximum Gasteiger partial charge on any atom is 0.352 e. The summed E-state index contributed by atoms with van der Waals surface area (Å²) < 4.78 is 8.66. The number of nitrogens with zero attached hydrogens (tertiary/aromatic N) is 4. The summed E-state index contributed by atoms with van der Waals surface area (Å²) >= 11 is 0. The van der Waals surface area contributed by atoms with Gasteiger partial charge in [0.15, 0.2) is 0 Å². The van der Waals surface area contributed by atoms with Crippen molar-refractivity contribution in [2.45, 2.75) is 25.8 Å². The number of carbonyl (C=O) groups is 1. The Bertz CT molecular complexity index is 1110. The lowest BCUT2D eigenvalue weighted by Crippen LogP contribution is -2.29. The number of ether oxygens (including phenoxy) is 1. The predicted molar refractivity (Wildman–Crippen MR) is 103 cm³/mol. The van der Waals surface area contributed by atoms with Gasteiger partial charge in [-0.25, -0.2) is 9.78 Å². The lowest BCUT2D eigenvalue weighted by Gasteiger charge is -2.25. The number of hydrogen-bond acceptors (Lipinski definition) is 6. The highest BCUT2D eigenvalue weighted by molar-refractivity contribution is 5.87. The third-order valence-corrected chi connectivity index (χ3v) is 5.01. The number of carboxylic acid groups (broad SMARTS) is 1. The zero-order valence-corrected chi connectivity index (χ0v) is 15.7. The molecule has 0 bridgehead atoms. The van der Waals surface area contributed by atoms with Gasteiger partial charge in [0.25, 0.3) is 5.56 Å². The van der Waals surface area contributed by atoms with Gasteiger partial charge in [0.2, 0.25) is 5.95 Å². The van der Waals surface area contributed by atoms with Crippen molar-refractivity contribution in [3.63, 3.8) is 0 Å². The second-order valence-corrected chi connectivity index (χ2v) is 6.91. The zero-order valence-electron chi connectivity index (χ0n) is 15.7. The maximum atomic E-state index is 12.6. The van der Waals surface area contributed by atoms with Crippen LogP contribution >= 0.6 is 0 Å². The largest absolute Gasteiger partial charge is 0.477 e. The van der Waals surface area contributed by atoms with Crippen LogP contribution in [0.3, 0.4) is 0 Å². The van der Waals surface area contributed by atoms with Crippen molar-refractivity contribution in [3.8, 4) is 0 Å². The number of aromatic nitrogens is 4. The molecule has 0 aromatic carbocycles. The molecule has 0 spiro atoms. The van der Waals surface area contributed by atoms with Crippen LogP contribution in [0.15, 0.2) is 29.2 Å². The number of anilines is 2. The number of carboxylic acids is 1. The van der Waals surface area contributed by atoms with Gasteiger partial charge in [-0.3, -0.25) is 9.36 Å². The minimum absolute atomic E-state index is 0.0300. The van der Waals surface area contributed by atoms with Crippen molar-refractivity contribution in [1.82, 2.24) is 19.1 Å².